The van der Waals surface area contributed by atoms with E-state index in [4.69, 9.17) is 14.3 Å². The second-order valence-corrected chi connectivity index (χ2v) is 6.19. The summed E-state index contributed by atoms with van der Waals surface area (Å²) in [6, 6.07) is 8.39. The summed E-state index contributed by atoms with van der Waals surface area (Å²) in [5.41, 5.74) is 3.28. The van der Waals surface area contributed by atoms with Crippen LogP contribution in [0.2, 0.25) is 0 Å². The normalized spacial score (nSPS) is 16.3. The summed E-state index contributed by atoms with van der Waals surface area (Å²) >= 11 is 0. The highest BCUT2D eigenvalue weighted by Gasteiger charge is 2.21. The van der Waals surface area contributed by atoms with E-state index < -0.39 is 0 Å². The van der Waals surface area contributed by atoms with Gasteiger partial charge in [0, 0.05) is 30.6 Å². The molecule has 1 aliphatic rings. The van der Waals surface area contributed by atoms with E-state index in [1.54, 1.807) is 0 Å². The predicted octanol–water partition coefficient (Wildman–Crippen LogP) is 3.53. The third kappa shape index (κ3) is 4.90. The van der Waals surface area contributed by atoms with Gasteiger partial charge < -0.3 is 19.9 Å². The van der Waals surface area contributed by atoms with Gasteiger partial charge in [-0.25, -0.2) is 0 Å². The SMILES string of the molecule is CCNC(=NCCc1c(C)noc1C)NC1CCOc2ccccc21.I. The third-order valence-corrected chi connectivity index (χ3v) is 4.43. The van der Waals surface area contributed by atoms with Crippen LogP contribution in [0.25, 0.3) is 0 Å². The van der Waals surface area contributed by atoms with Gasteiger partial charge in [-0.15, -0.1) is 24.0 Å². The molecule has 7 heteroatoms. The summed E-state index contributed by atoms with van der Waals surface area (Å²) in [4.78, 5) is 4.72. The van der Waals surface area contributed by atoms with Crippen molar-refractivity contribution in [1.29, 1.82) is 0 Å². The summed E-state index contributed by atoms with van der Waals surface area (Å²) in [6.07, 6.45) is 1.74. The number of aliphatic imine (C=N–C) groups is 1. The number of nitrogens with one attached hydrogen (secondary N) is 2. The number of fused-ring (bicyclic) bond motifs is 1. The van der Waals surface area contributed by atoms with E-state index in [0.717, 1.165) is 48.1 Å². The lowest BCUT2D eigenvalue weighted by Crippen LogP contribution is -2.41. The van der Waals surface area contributed by atoms with E-state index in [1.807, 2.05) is 32.0 Å². The maximum atomic E-state index is 5.73. The van der Waals surface area contributed by atoms with Gasteiger partial charge in [0.15, 0.2) is 5.96 Å². The minimum atomic E-state index is 0. The molecule has 0 amide bonds. The Morgan fingerprint density at radius 1 is 1.31 bits per heavy atom. The highest BCUT2D eigenvalue weighted by molar-refractivity contribution is 14.0. The topological polar surface area (TPSA) is 71.7 Å². The molecule has 1 aromatic heterocycles. The van der Waals surface area contributed by atoms with Crippen molar-refractivity contribution in [1.82, 2.24) is 15.8 Å². The first-order chi connectivity index (χ1) is 12.2. The largest absolute Gasteiger partial charge is 0.493 e. The minimum absolute atomic E-state index is 0. The van der Waals surface area contributed by atoms with Crippen molar-refractivity contribution in [2.75, 3.05) is 19.7 Å². The summed E-state index contributed by atoms with van der Waals surface area (Å²) in [6.45, 7) is 8.21. The molecule has 0 aliphatic carbocycles. The van der Waals surface area contributed by atoms with Gasteiger partial charge in [0.2, 0.25) is 0 Å². The first-order valence-electron chi connectivity index (χ1n) is 8.87. The number of aryl methyl sites for hydroxylation is 2. The predicted molar refractivity (Wildman–Crippen MR) is 114 cm³/mol. The molecule has 6 nitrogen and oxygen atoms in total. The minimum Gasteiger partial charge on any atom is -0.493 e. The number of aromatic nitrogens is 1. The van der Waals surface area contributed by atoms with Gasteiger partial charge in [-0.1, -0.05) is 23.4 Å². The maximum absolute atomic E-state index is 5.73. The van der Waals surface area contributed by atoms with E-state index >= 15 is 0 Å². The molecule has 2 N–H and O–H groups in total. The number of para-hydroxylation sites is 1. The molecule has 0 fully saturated rings. The second kappa shape index (κ2) is 9.80. The van der Waals surface area contributed by atoms with Crippen LogP contribution in [0.3, 0.4) is 0 Å². The molecule has 142 valence electrons. The molecular formula is C19H27IN4O2. The third-order valence-electron chi connectivity index (χ3n) is 4.43. The van der Waals surface area contributed by atoms with Crippen molar-refractivity contribution in [2.24, 2.45) is 4.99 Å². The summed E-state index contributed by atoms with van der Waals surface area (Å²) in [5, 5.41) is 10.9. The van der Waals surface area contributed by atoms with Gasteiger partial charge in [0.1, 0.15) is 11.5 Å². The van der Waals surface area contributed by atoms with E-state index in [0.29, 0.717) is 13.2 Å². The van der Waals surface area contributed by atoms with Crippen LogP contribution in [0.5, 0.6) is 5.75 Å². The second-order valence-electron chi connectivity index (χ2n) is 6.19. The number of halogens is 1. The van der Waals surface area contributed by atoms with Crippen molar-refractivity contribution in [3.05, 3.63) is 46.8 Å². The van der Waals surface area contributed by atoms with Gasteiger partial charge in [0.05, 0.1) is 18.3 Å². The van der Waals surface area contributed by atoms with E-state index in [2.05, 4.69) is 28.8 Å². The van der Waals surface area contributed by atoms with Crippen LogP contribution >= 0.6 is 24.0 Å². The molecule has 1 atom stereocenters. The lowest BCUT2D eigenvalue weighted by Gasteiger charge is -2.28. The highest BCUT2D eigenvalue weighted by atomic mass is 127. The average Bonchev–Trinajstić information content (AvgIpc) is 2.94. The van der Waals surface area contributed by atoms with Crippen LogP contribution in [-0.2, 0) is 6.42 Å². The Labute approximate surface area is 171 Å². The fourth-order valence-electron chi connectivity index (χ4n) is 3.12. The Kier molecular flexibility index (Phi) is 7.74. The van der Waals surface area contributed by atoms with Crippen LogP contribution in [-0.4, -0.2) is 30.8 Å². The zero-order valence-corrected chi connectivity index (χ0v) is 17.9. The fraction of sp³-hybridized carbons (Fsp3) is 0.474. The molecule has 26 heavy (non-hydrogen) atoms. The first kappa shape index (κ1) is 20.5. The number of hydrogen-bond acceptors (Lipinski definition) is 4. The molecule has 2 heterocycles. The van der Waals surface area contributed by atoms with Crippen molar-refractivity contribution < 1.29 is 9.26 Å². The zero-order valence-electron chi connectivity index (χ0n) is 15.5. The Bertz CT molecular complexity index is 725. The Morgan fingerprint density at radius 2 is 2.12 bits per heavy atom. The molecule has 0 saturated carbocycles. The molecule has 0 bridgehead atoms. The molecule has 0 spiro atoms. The van der Waals surface area contributed by atoms with Gasteiger partial charge >= 0.3 is 0 Å². The van der Waals surface area contributed by atoms with Crippen molar-refractivity contribution in [2.45, 2.75) is 39.7 Å². The maximum Gasteiger partial charge on any atom is 0.191 e. The highest BCUT2D eigenvalue weighted by Crippen LogP contribution is 2.31. The van der Waals surface area contributed by atoms with Crippen LogP contribution in [0.4, 0.5) is 0 Å². The molecule has 1 unspecified atom stereocenters. The molecule has 0 radical (unpaired) electrons. The fourth-order valence-corrected chi connectivity index (χ4v) is 3.12. The van der Waals surface area contributed by atoms with Gasteiger partial charge in [-0.3, -0.25) is 4.99 Å². The number of guanidine groups is 1. The summed E-state index contributed by atoms with van der Waals surface area (Å²) < 4.78 is 11.0. The number of nitrogens with zero attached hydrogens (tertiary/aromatic N) is 2. The number of benzene rings is 1. The Hall–Kier alpha value is -1.77. The summed E-state index contributed by atoms with van der Waals surface area (Å²) in [7, 11) is 0. The van der Waals surface area contributed by atoms with Crippen molar-refractivity contribution >= 4 is 29.9 Å². The standard InChI is InChI=1S/C19H26N4O2.HI/c1-4-20-19(21-11-9-15-13(2)23-25-14(15)3)22-17-10-12-24-18-8-6-5-7-16(17)18;/h5-8,17H,4,9-12H2,1-3H3,(H2,20,21,22);1H. The van der Waals surface area contributed by atoms with Crippen molar-refractivity contribution in [3.63, 3.8) is 0 Å². The quantitative estimate of drug-likeness (QED) is 0.398. The van der Waals surface area contributed by atoms with Crippen LogP contribution < -0.4 is 15.4 Å². The molecule has 2 aromatic rings. The lowest BCUT2D eigenvalue weighted by molar-refractivity contribution is 0.261. The zero-order chi connectivity index (χ0) is 17.6. The number of rotatable bonds is 5. The smallest absolute Gasteiger partial charge is 0.191 e. The summed E-state index contributed by atoms with van der Waals surface area (Å²) in [5.74, 6) is 2.66. The monoisotopic (exact) mass is 470 g/mol. The number of ether oxygens (including phenoxy) is 1. The lowest BCUT2D eigenvalue weighted by atomic mass is 10.0. The number of hydrogen-bond donors (Lipinski definition) is 2. The van der Waals surface area contributed by atoms with Crippen LogP contribution in [0, 0.1) is 13.8 Å². The van der Waals surface area contributed by atoms with Crippen LogP contribution in [0.15, 0.2) is 33.8 Å². The van der Waals surface area contributed by atoms with Gasteiger partial charge in [0.25, 0.3) is 0 Å². The molecular weight excluding hydrogens is 443 g/mol. The Morgan fingerprint density at radius 3 is 2.85 bits per heavy atom. The van der Waals surface area contributed by atoms with E-state index in [-0.39, 0.29) is 30.0 Å². The molecule has 3 rings (SSSR count). The average molecular weight is 470 g/mol. The van der Waals surface area contributed by atoms with Crippen molar-refractivity contribution in [3.8, 4) is 5.75 Å². The molecule has 1 aromatic carbocycles. The Balaban J connectivity index is 0.00000243. The van der Waals surface area contributed by atoms with E-state index in [1.165, 1.54) is 5.56 Å². The van der Waals surface area contributed by atoms with Gasteiger partial charge in [-0.05, 0) is 33.3 Å². The molecule has 0 saturated heterocycles. The molecule has 1 aliphatic heterocycles. The van der Waals surface area contributed by atoms with E-state index in [9.17, 15) is 0 Å². The van der Waals surface area contributed by atoms with Crippen LogP contribution in [0.1, 0.15) is 42.0 Å². The first-order valence-corrected chi connectivity index (χ1v) is 8.87. The van der Waals surface area contributed by atoms with Gasteiger partial charge in [-0.2, -0.15) is 0 Å².